The summed E-state index contributed by atoms with van der Waals surface area (Å²) in [5, 5.41) is 9.54. The van der Waals surface area contributed by atoms with Gasteiger partial charge in [-0.3, -0.25) is 14.4 Å². The summed E-state index contributed by atoms with van der Waals surface area (Å²) in [5.74, 6) is -0.791. The number of hydrogen-bond acceptors (Lipinski definition) is 7. The molecule has 0 fully saturated rings. The summed E-state index contributed by atoms with van der Waals surface area (Å²) in [6.45, 7) is 2.34. The molecule has 0 aromatic heterocycles. The lowest BCUT2D eigenvalue weighted by atomic mass is 10.2. The molecular formula is C27H26ClIN4O6. The molecule has 3 aromatic carbocycles. The van der Waals surface area contributed by atoms with E-state index in [0.717, 1.165) is 6.42 Å². The highest BCUT2D eigenvalue weighted by Gasteiger charge is 2.15. The van der Waals surface area contributed by atoms with Crippen LogP contribution < -0.4 is 30.3 Å². The standard InChI is InChI=1S/C27H26ClIN4O6/c1-3-11-38-21-9-7-19(8-10-21)32-26(35)27(36)33-30-15-17-12-22(29)25(23(13-17)37-2)39-16-24(34)31-20-6-4-5-18(28)14-20/h4-10,12-15H,3,11,16H2,1-2H3,(H,31,34)(H,32,35)(H,33,36)/b30-15-. The maximum absolute atomic E-state index is 12.3. The quantitative estimate of drug-likeness (QED) is 0.117. The van der Waals surface area contributed by atoms with Crippen LogP contribution in [0.3, 0.4) is 0 Å². The number of nitrogens with zero attached hydrogens (tertiary/aromatic N) is 1. The molecule has 0 saturated carbocycles. The van der Waals surface area contributed by atoms with Crippen LogP contribution in [0.15, 0.2) is 65.8 Å². The van der Waals surface area contributed by atoms with Crippen LogP contribution in [0, 0.1) is 3.57 Å². The Morgan fingerprint density at radius 2 is 1.74 bits per heavy atom. The second kappa shape index (κ2) is 14.9. The summed E-state index contributed by atoms with van der Waals surface area (Å²) in [6.07, 6.45) is 2.23. The molecule has 0 aliphatic heterocycles. The third-order valence-electron chi connectivity index (χ3n) is 4.88. The first-order valence-electron chi connectivity index (χ1n) is 11.7. The number of benzene rings is 3. The molecular weight excluding hydrogens is 639 g/mol. The molecule has 0 bridgehead atoms. The molecule has 3 rings (SSSR count). The molecule has 0 atom stereocenters. The van der Waals surface area contributed by atoms with Crippen LogP contribution in [0.5, 0.6) is 17.2 Å². The fourth-order valence-corrected chi connectivity index (χ4v) is 4.09. The van der Waals surface area contributed by atoms with Crippen molar-refractivity contribution in [3.8, 4) is 17.2 Å². The van der Waals surface area contributed by atoms with Gasteiger partial charge in [0.15, 0.2) is 18.1 Å². The van der Waals surface area contributed by atoms with Gasteiger partial charge in [-0.15, -0.1) is 0 Å². The van der Waals surface area contributed by atoms with Crippen molar-refractivity contribution < 1.29 is 28.6 Å². The predicted octanol–water partition coefficient (Wildman–Crippen LogP) is 4.85. The molecule has 10 nitrogen and oxygen atoms in total. The van der Waals surface area contributed by atoms with Crippen molar-refractivity contribution in [2.24, 2.45) is 5.10 Å². The van der Waals surface area contributed by atoms with Gasteiger partial charge in [-0.05, 0) is 89.2 Å². The van der Waals surface area contributed by atoms with Gasteiger partial charge in [0, 0.05) is 16.4 Å². The van der Waals surface area contributed by atoms with Crippen molar-refractivity contribution in [2.45, 2.75) is 13.3 Å². The number of halogens is 2. The second-order valence-electron chi connectivity index (χ2n) is 7.91. The van der Waals surface area contributed by atoms with Gasteiger partial charge in [0.1, 0.15) is 5.75 Å². The first-order valence-corrected chi connectivity index (χ1v) is 13.2. The number of rotatable bonds is 11. The van der Waals surface area contributed by atoms with Crippen molar-refractivity contribution in [1.82, 2.24) is 5.43 Å². The molecule has 0 heterocycles. The summed E-state index contributed by atoms with van der Waals surface area (Å²) in [4.78, 5) is 36.6. The molecule has 39 heavy (non-hydrogen) atoms. The predicted molar refractivity (Wildman–Crippen MR) is 158 cm³/mol. The molecule has 3 aromatic rings. The number of hydrogen-bond donors (Lipinski definition) is 3. The van der Waals surface area contributed by atoms with Crippen LogP contribution >= 0.6 is 34.2 Å². The molecule has 3 N–H and O–H groups in total. The fourth-order valence-electron chi connectivity index (χ4n) is 3.11. The van der Waals surface area contributed by atoms with E-state index in [0.29, 0.717) is 49.4 Å². The number of anilines is 2. The fraction of sp³-hybridized carbons (Fsp3) is 0.185. The van der Waals surface area contributed by atoms with Gasteiger partial charge in [0.25, 0.3) is 5.91 Å². The van der Waals surface area contributed by atoms with Crippen molar-refractivity contribution in [3.05, 3.63) is 74.8 Å². The topological polar surface area (TPSA) is 127 Å². The van der Waals surface area contributed by atoms with Gasteiger partial charge in [0.05, 0.1) is 23.5 Å². The minimum absolute atomic E-state index is 0.258. The minimum atomic E-state index is -0.940. The molecule has 204 valence electrons. The number of ether oxygens (including phenoxy) is 3. The number of hydrazone groups is 1. The maximum atomic E-state index is 12.3. The highest BCUT2D eigenvalue weighted by atomic mass is 127. The Hall–Kier alpha value is -3.84. The van der Waals surface area contributed by atoms with E-state index in [4.69, 9.17) is 25.8 Å². The smallest absolute Gasteiger partial charge is 0.329 e. The highest BCUT2D eigenvalue weighted by Crippen LogP contribution is 2.33. The van der Waals surface area contributed by atoms with Crippen LogP contribution in [0.1, 0.15) is 18.9 Å². The van der Waals surface area contributed by atoms with Crippen LogP contribution in [0.25, 0.3) is 0 Å². The lowest BCUT2D eigenvalue weighted by Gasteiger charge is -2.13. The molecule has 3 amide bonds. The van der Waals surface area contributed by atoms with E-state index in [2.05, 4.69) is 21.2 Å². The summed E-state index contributed by atoms with van der Waals surface area (Å²) in [7, 11) is 1.46. The molecule has 0 radical (unpaired) electrons. The zero-order chi connectivity index (χ0) is 28.2. The van der Waals surface area contributed by atoms with Crippen LogP contribution in [0.2, 0.25) is 5.02 Å². The van der Waals surface area contributed by atoms with E-state index in [-0.39, 0.29) is 12.5 Å². The van der Waals surface area contributed by atoms with Crippen LogP contribution in [-0.2, 0) is 14.4 Å². The third kappa shape index (κ3) is 9.45. The summed E-state index contributed by atoms with van der Waals surface area (Å²) in [5.41, 5.74) is 3.75. The molecule has 12 heteroatoms. The van der Waals surface area contributed by atoms with E-state index in [1.807, 2.05) is 29.5 Å². The zero-order valence-electron chi connectivity index (χ0n) is 21.1. The number of carbonyl (C=O) groups is 3. The second-order valence-corrected chi connectivity index (χ2v) is 9.51. The Labute approximate surface area is 244 Å². The third-order valence-corrected chi connectivity index (χ3v) is 5.92. The number of methoxy groups -OCH3 is 1. The average molecular weight is 665 g/mol. The van der Waals surface area contributed by atoms with Gasteiger partial charge in [-0.2, -0.15) is 5.10 Å². The lowest BCUT2D eigenvalue weighted by Crippen LogP contribution is -2.32. The SMILES string of the molecule is CCCOc1ccc(NC(=O)C(=O)N/N=C\c2cc(I)c(OCC(=O)Nc3cccc(Cl)c3)c(OC)c2)cc1. The number of nitrogens with one attached hydrogen (secondary N) is 3. The largest absolute Gasteiger partial charge is 0.494 e. The highest BCUT2D eigenvalue weighted by molar-refractivity contribution is 14.1. The monoisotopic (exact) mass is 664 g/mol. The average Bonchev–Trinajstić information content (AvgIpc) is 2.91. The van der Waals surface area contributed by atoms with E-state index < -0.39 is 11.8 Å². The summed E-state index contributed by atoms with van der Waals surface area (Å²) < 4.78 is 17.2. The lowest BCUT2D eigenvalue weighted by molar-refractivity contribution is -0.136. The molecule has 0 saturated heterocycles. The summed E-state index contributed by atoms with van der Waals surface area (Å²) >= 11 is 7.97. The minimum Gasteiger partial charge on any atom is -0.494 e. The normalized spacial score (nSPS) is 10.6. The van der Waals surface area contributed by atoms with Gasteiger partial charge in [-0.25, -0.2) is 5.43 Å². The van der Waals surface area contributed by atoms with E-state index in [1.165, 1.54) is 13.3 Å². The molecule has 0 aliphatic rings. The molecule has 0 unspecified atom stereocenters. The van der Waals surface area contributed by atoms with Crippen molar-refractivity contribution >= 4 is 69.5 Å². The zero-order valence-corrected chi connectivity index (χ0v) is 24.0. The van der Waals surface area contributed by atoms with Gasteiger partial charge < -0.3 is 24.8 Å². The van der Waals surface area contributed by atoms with Crippen LogP contribution in [0.4, 0.5) is 11.4 Å². The molecule has 0 aliphatic carbocycles. The van der Waals surface area contributed by atoms with E-state index in [1.54, 1.807) is 60.7 Å². The van der Waals surface area contributed by atoms with Gasteiger partial charge >= 0.3 is 11.8 Å². The van der Waals surface area contributed by atoms with E-state index >= 15 is 0 Å². The van der Waals surface area contributed by atoms with Crippen molar-refractivity contribution in [2.75, 3.05) is 31.0 Å². The Kier molecular flexibility index (Phi) is 11.4. The number of amides is 3. The summed E-state index contributed by atoms with van der Waals surface area (Å²) in [6, 6.07) is 16.8. The molecule has 0 spiro atoms. The Morgan fingerprint density at radius 3 is 2.44 bits per heavy atom. The Bertz CT molecular complexity index is 1350. The Balaban J connectivity index is 1.54. The number of carbonyl (C=O) groups excluding carboxylic acids is 3. The maximum Gasteiger partial charge on any atom is 0.329 e. The van der Waals surface area contributed by atoms with Crippen LogP contribution in [-0.4, -0.2) is 44.3 Å². The van der Waals surface area contributed by atoms with E-state index in [9.17, 15) is 14.4 Å². The Morgan fingerprint density at radius 1 is 0.974 bits per heavy atom. The first-order chi connectivity index (χ1) is 18.8. The van der Waals surface area contributed by atoms with Crippen molar-refractivity contribution in [3.63, 3.8) is 0 Å². The first kappa shape index (κ1) is 29.7. The van der Waals surface area contributed by atoms with Gasteiger partial charge in [0.2, 0.25) is 0 Å². The van der Waals surface area contributed by atoms with Crippen molar-refractivity contribution in [1.29, 1.82) is 0 Å². The van der Waals surface area contributed by atoms with Gasteiger partial charge in [-0.1, -0.05) is 24.6 Å².